The van der Waals surface area contributed by atoms with E-state index < -0.39 is 0 Å². The van der Waals surface area contributed by atoms with E-state index in [2.05, 4.69) is 51.7 Å². The average molecular weight is 218 g/mol. The van der Waals surface area contributed by atoms with Crippen molar-refractivity contribution >= 4 is 5.82 Å². The molecule has 2 rings (SSSR count). The van der Waals surface area contributed by atoms with Gasteiger partial charge >= 0.3 is 0 Å². The van der Waals surface area contributed by atoms with E-state index in [0.29, 0.717) is 6.04 Å². The van der Waals surface area contributed by atoms with Crippen LogP contribution in [0.4, 0.5) is 5.82 Å². The van der Waals surface area contributed by atoms with Crippen LogP contribution in [0.2, 0.25) is 0 Å². The van der Waals surface area contributed by atoms with Crippen molar-refractivity contribution in [2.24, 2.45) is 0 Å². The lowest BCUT2D eigenvalue weighted by Gasteiger charge is -2.25. The molecule has 0 N–H and O–H groups in total. The Balaban J connectivity index is 2.41. The maximum absolute atomic E-state index is 4.85. The zero-order valence-electron chi connectivity index (χ0n) is 11.0. The van der Waals surface area contributed by atoms with Gasteiger partial charge in [-0.2, -0.15) is 0 Å². The Hall–Kier alpha value is -1.05. The van der Waals surface area contributed by atoms with Crippen molar-refractivity contribution in [2.45, 2.75) is 52.5 Å². The molecule has 2 heteroatoms. The average Bonchev–Trinajstić information content (AvgIpc) is 2.58. The van der Waals surface area contributed by atoms with E-state index in [9.17, 15) is 0 Å². The summed E-state index contributed by atoms with van der Waals surface area (Å²) >= 11 is 0. The summed E-state index contributed by atoms with van der Waals surface area (Å²) in [6.07, 6.45) is 1.14. The van der Waals surface area contributed by atoms with Crippen molar-refractivity contribution in [3.63, 3.8) is 0 Å². The largest absolute Gasteiger partial charge is 0.354 e. The lowest BCUT2D eigenvalue weighted by atomic mass is 9.91. The summed E-state index contributed by atoms with van der Waals surface area (Å²) in [5.41, 5.74) is 2.74. The van der Waals surface area contributed by atoms with E-state index in [4.69, 9.17) is 4.98 Å². The zero-order valence-corrected chi connectivity index (χ0v) is 11.0. The Morgan fingerprint density at radius 2 is 1.94 bits per heavy atom. The fraction of sp³-hybridized carbons (Fsp3) is 0.643. The molecule has 88 valence electrons. The molecule has 1 aliphatic rings. The summed E-state index contributed by atoms with van der Waals surface area (Å²) < 4.78 is 0. The monoisotopic (exact) mass is 218 g/mol. The Morgan fingerprint density at radius 1 is 1.25 bits per heavy atom. The van der Waals surface area contributed by atoms with Crippen LogP contribution >= 0.6 is 0 Å². The predicted molar refractivity (Wildman–Crippen MR) is 69.1 cm³/mol. The first-order valence-electron chi connectivity index (χ1n) is 6.16. The summed E-state index contributed by atoms with van der Waals surface area (Å²) in [7, 11) is 0. The van der Waals surface area contributed by atoms with E-state index in [1.807, 2.05) is 0 Å². The Kier molecular flexibility index (Phi) is 2.69. The van der Waals surface area contributed by atoms with Crippen LogP contribution in [0.15, 0.2) is 12.1 Å². The normalized spacial score (nSPS) is 15.8. The number of nitrogens with zero attached hydrogens (tertiary/aromatic N) is 2. The summed E-state index contributed by atoms with van der Waals surface area (Å²) in [5, 5.41) is 0. The van der Waals surface area contributed by atoms with E-state index >= 15 is 0 Å². The maximum Gasteiger partial charge on any atom is 0.132 e. The summed E-state index contributed by atoms with van der Waals surface area (Å²) in [4.78, 5) is 7.26. The van der Waals surface area contributed by atoms with E-state index in [1.54, 1.807) is 0 Å². The van der Waals surface area contributed by atoms with Crippen molar-refractivity contribution in [3.8, 4) is 0 Å². The molecule has 0 amide bonds. The molecule has 2 nitrogen and oxygen atoms in total. The van der Waals surface area contributed by atoms with E-state index in [0.717, 1.165) is 13.0 Å². The topological polar surface area (TPSA) is 16.1 Å². The molecule has 0 fully saturated rings. The van der Waals surface area contributed by atoms with Gasteiger partial charge in [-0.1, -0.05) is 26.8 Å². The molecule has 0 aliphatic carbocycles. The minimum absolute atomic E-state index is 0.139. The summed E-state index contributed by atoms with van der Waals surface area (Å²) in [5.74, 6) is 1.21. The highest BCUT2D eigenvalue weighted by atomic mass is 15.2. The highest BCUT2D eigenvalue weighted by Crippen LogP contribution is 2.30. The molecular weight excluding hydrogens is 196 g/mol. The summed E-state index contributed by atoms with van der Waals surface area (Å²) in [6, 6.07) is 4.98. The van der Waals surface area contributed by atoms with Gasteiger partial charge < -0.3 is 4.90 Å². The number of rotatable bonds is 1. The minimum Gasteiger partial charge on any atom is -0.354 e. The lowest BCUT2D eigenvalue weighted by molar-refractivity contribution is 0.567. The molecule has 0 saturated carbocycles. The number of fused-ring (bicyclic) bond motifs is 1. The molecule has 2 heterocycles. The second-order valence-corrected chi connectivity index (χ2v) is 5.97. The van der Waals surface area contributed by atoms with E-state index in [-0.39, 0.29) is 5.41 Å². The number of hydrogen-bond acceptors (Lipinski definition) is 2. The van der Waals surface area contributed by atoms with Crippen LogP contribution in [0.3, 0.4) is 0 Å². The van der Waals surface area contributed by atoms with Crippen LogP contribution in [0, 0.1) is 0 Å². The molecule has 16 heavy (non-hydrogen) atoms. The molecule has 0 aromatic carbocycles. The van der Waals surface area contributed by atoms with Gasteiger partial charge in [-0.15, -0.1) is 0 Å². The van der Waals surface area contributed by atoms with Gasteiger partial charge in [-0.3, -0.25) is 0 Å². The van der Waals surface area contributed by atoms with Crippen molar-refractivity contribution in [3.05, 3.63) is 23.4 Å². The highest BCUT2D eigenvalue weighted by molar-refractivity contribution is 5.53. The van der Waals surface area contributed by atoms with E-state index in [1.165, 1.54) is 17.1 Å². The van der Waals surface area contributed by atoms with Crippen molar-refractivity contribution < 1.29 is 0 Å². The maximum atomic E-state index is 4.85. The molecule has 0 bridgehead atoms. The van der Waals surface area contributed by atoms with Gasteiger partial charge in [0.1, 0.15) is 5.82 Å². The molecule has 1 aromatic rings. The molecule has 0 spiro atoms. The van der Waals surface area contributed by atoms with Crippen LogP contribution in [0.5, 0.6) is 0 Å². The first-order chi connectivity index (χ1) is 7.39. The second kappa shape index (κ2) is 3.76. The lowest BCUT2D eigenvalue weighted by Crippen LogP contribution is -2.29. The number of pyridine rings is 1. The Labute approximate surface area is 98.7 Å². The molecule has 0 radical (unpaired) electrons. The molecule has 0 unspecified atom stereocenters. The molecule has 0 saturated heterocycles. The third-order valence-electron chi connectivity index (χ3n) is 3.24. The smallest absolute Gasteiger partial charge is 0.132 e. The predicted octanol–water partition coefficient (Wildman–Crippen LogP) is 3.15. The van der Waals surface area contributed by atoms with Crippen LogP contribution in [0.1, 0.15) is 45.9 Å². The Bertz CT molecular complexity index is 388. The first kappa shape index (κ1) is 11.4. The van der Waals surface area contributed by atoms with Gasteiger partial charge in [0, 0.05) is 23.7 Å². The van der Waals surface area contributed by atoms with Crippen molar-refractivity contribution in [2.75, 3.05) is 11.4 Å². The second-order valence-electron chi connectivity index (χ2n) is 5.97. The van der Waals surface area contributed by atoms with Gasteiger partial charge in [0.05, 0.1) is 0 Å². The number of anilines is 1. The standard InChI is InChI=1S/C14H22N2/c1-10(2)16-9-8-11-6-7-12(14(3,4)5)15-13(11)16/h6-7,10H,8-9H2,1-5H3. The van der Waals surface area contributed by atoms with Crippen molar-refractivity contribution in [1.82, 2.24) is 4.98 Å². The number of hydrogen-bond donors (Lipinski definition) is 0. The molecule has 1 aromatic heterocycles. The zero-order chi connectivity index (χ0) is 11.9. The summed E-state index contributed by atoms with van der Waals surface area (Å²) in [6.45, 7) is 12.2. The fourth-order valence-corrected chi connectivity index (χ4v) is 2.19. The third kappa shape index (κ3) is 1.93. The van der Waals surface area contributed by atoms with Gasteiger partial charge in [0.15, 0.2) is 0 Å². The van der Waals surface area contributed by atoms with Gasteiger partial charge in [-0.05, 0) is 31.9 Å². The van der Waals surface area contributed by atoms with Crippen LogP contribution in [0.25, 0.3) is 0 Å². The third-order valence-corrected chi connectivity index (χ3v) is 3.24. The Morgan fingerprint density at radius 3 is 2.50 bits per heavy atom. The van der Waals surface area contributed by atoms with Gasteiger partial charge in [0.25, 0.3) is 0 Å². The highest BCUT2D eigenvalue weighted by Gasteiger charge is 2.25. The SMILES string of the molecule is CC(C)N1CCc2ccc(C(C)(C)C)nc21. The van der Waals surface area contributed by atoms with Gasteiger partial charge in [0.2, 0.25) is 0 Å². The first-order valence-corrected chi connectivity index (χ1v) is 6.16. The van der Waals surface area contributed by atoms with Crippen molar-refractivity contribution in [1.29, 1.82) is 0 Å². The van der Waals surface area contributed by atoms with Crippen LogP contribution in [-0.4, -0.2) is 17.6 Å². The number of aromatic nitrogens is 1. The fourth-order valence-electron chi connectivity index (χ4n) is 2.19. The quantitative estimate of drug-likeness (QED) is 0.720. The molecular formula is C14H22N2. The molecule has 0 atom stereocenters. The van der Waals surface area contributed by atoms with Crippen LogP contribution in [-0.2, 0) is 11.8 Å². The minimum atomic E-state index is 0.139. The van der Waals surface area contributed by atoms with Gasteiger partial charge in [-0.25, -0.2) is 4.98 Å². The molecule has 1 aliphatic heterocycles. The van der Waals surface area contributed by atoms with Crippen LogP contribution < -0.4 is 4.90 Å².